The lowest BCUT2D eigenvalue weighted by molar-refractivity contribution is 0.0895. The molecule has 0 aliphatic heterocycles. The van der Waals surface area contributed by atoms with Crippen molar-refractivity contribution in [2.75, 3.05) is 26.9 Å². The van der Waals surface area contributed by atoms with Gasteiger partial charge in [0.25, 0.3) is 0 Å². The highest BCUT2D eigenvalue weighted by Gasteiger charge is 2.15. The van der Waals surface area contributed by atoms with Crippen molar-refractivity contribution in [3.8, 4) is 5.75 Å². The first kappa shape index (κ1) is 16.0. The van der Waals surface area contributed by atoms with Gasteiger partial charge in [-0.15, -0.1) is 0 Å². The summed E-state index contributed by atoms with van der Waals surface area (Å²) in [6.07, 6.45) is 1.11. The number of methoxy groups -OCH3 is 1. The second-order valence-corrected chi connectivity index (χ2v) is 5.18. The lowest BCUT2D eigenvalue weighted by Gasteiger charge is -2.21. The summed E-state index contributed by atoms with van der Waals surface area (Å²) in [5.41, 5.74) is 1.17. The van der Waals surface area contributed by atoms with Crippen LogP contribution in [0.5, 0.6) is 5.75 Å². The van der Waals surface area contributed by atoms with Crippen LogP contribution in [0.3, 0.4) is 0 Å². The molecule has 3 heteroatoms. The second kappa shape index (κ2) is 8.94. The fourth-order valence-electron chi connectivity index (χ4n) is 1.95. The molecule has 0 spiro atoms. The highest BCUT2D eigenvalue weighted by atomic mass is 16.5. The van der Waals surface area contributed by atoms with Crippen molar-refractivity contribution in [2.24, 2.45) is 5.92 Å². The maximum atomic E-state index is 5.79. The van der Waals surface area contributed by atoms with Gasteiger partial charge in [-0.25, -0.2) is 0 Å². The highest BCUT2D eigenvalue weighted by Crippen LogP contribution is 2.25. The Hall–Kier alpha value is -1.06. The van der Waals surface area contributed by atoms with E-state index in [2.05, 4.69) is 32.2 Å². The van der Waals surface area contributed by atoms with E-state index in [-0.39, 0.29) is 6.04 Å². The quantitative estimate of drug-likeness (QED) is 0.742. The van der Waals surface area contributed by atoms with Gasteiger partial charge in [0.05, 0.1) is 19.8 Å². The largest absolute Gasteiger partial charge is 0.496 e. The molecule has 0 radical (unpaired) electrons. The van der Waals surface area contributed by atoms with Crippen LogP contribution in [0.2, 0.25) is 0 Å². The van der Waals surface area contributed by atoms with Crippen LogP contribution in [-0.2, 0) is 4.74 Å². The Kier molecular flexibility index (Phi) is 7.53. The molecule has 19 heavy (non-hydrogen) atoms. The Morgan fingerprint density at radius 1 is 1.16 bits per heavy atom. The van der Waals surface area contributed by atoms with E-state index in [1.165, 1.54) is 5.56 Å². The minimum absolute atomic E-state index is 0.190. The van der Waals surface area contributed by atoms with Gasteiger partial charge in [-0.05, 0) is 24.9 Å². The Morgan fingerprint density at radius 2 is 1.89 bits per heavy atom. The van der Waals surface area contributed by atoms with Gasteiger partial charge in [0.2, 0.25) is 0 Å². The Labute approximate surface area is 117 Å². The molecule has 0 fully saturated rings. The predicted octanol–water partition coefficient (Wildman–Crippen LogP) is 3.41. The van der Waals surface area contributed by atoms with Crippen LogP contribution in [0.15, 0.2) is 24.3 Å². The molecule has 1 aromatic rings. The van der Waals surface area contributed by atoms with E-state index in [0.717, 1.165) is 25.3 Å². The number of ether oxygens (including phenoxy) is 2. The first-order valence-electron chi connectivity index (χ1n) is 7.13. The van der Waals surface area contributed by atoms with Gasteiger partial charge in [-0.1, -0.05) is 39.0 Å². The van der Waals surface area contributed by atoms with E-state index >= 15 is 0 Å². The molecule has 0 saturated heterocycles. The van der Waals surface area contributed by atoms with Gasteiger partial charge in [0.15, 0.2) is 0 Å². The third-order valence-corrected chi connectivity index (χ3v) is 2.89. The van der Waals surface area contributed by atoms with E-state index in [0.29, 0.717) is 12.5 Å². The van der Waals surface area contributed by atoms with Gasteiger partial charge in [0, 0.05) is 12.2 Å². The van der Waals surface area contributed by atoms with Crippen molar-refractivity contribution in [1.29, 1.82) is 0 Å². The third-order valence-electron chi connectivity index (χ3n) is 2.89. The molecule has 0 aliphatic carbocycles. The topological polar surface area (TPSA) is 30.5 Å². The number of hydrogen-bond acceptors (Lipinski definition) is 3. The van der Waals surface area contributed by atoms with E-state index in [4.69, 9.17) is 9.47 Å². The Bertz CT molecular complexity index is 352. The summed E-state index contributed by atoms with van der Waals surface area (Å²) in [6.45, 7) is 8.95. The van der Waals surface area contributed by atoms with Crippen molar-refractivity contribution < 1.29 is 9.47 Å². The molecule has 0 heterocycles. The summed E-state index contributed by atoms with van der Waals surface area (Å²) in [4.78, 5) is 0. The predicted molar refractivity (Wildman–Crippen MR) is 79.7 cm³/mol. The van der Waals surface area contributed by atoms with Crippen LogP contribution < -0.4 is 10.1 Å². The summed E-state index contributed by atoms with van der Waals surface area (Å²) in [5, 5.41) is 3.53. The second-order valence-electron chi connectivity index (χ2n) is 5.18. The lowest BCUT2D eigenvalue weighted by Crippen LogP contribution is -2.27. The molecule has 108 valence electrons. The molecule has 0 bridgehead atoms. The van der Waals surface area contributed by atoms with Crippen LogP contribution in [0.1, 0.15) is 38.8 Å². The average Bonchev–Trinajstić information content (AvgIpc) is 2.42. The van der Waals surface area contributed by atoms with Crippen LogP contribution >= 0.6 is 0 Å². The van der Waals surface area contributed by atoms with Crippen LogP contribution in [-0.4, -0.2) is 26.9 Å². The molecule has 1 aromatic carbocycles. The standard InChI is InChI=1S/C16H27NO2/c1-5-10-17-15(12-19-11-13(2)3)14-8-6-7-9-16(14)18-4/h6-9,13,15,17H,5,10-12H2,1-4H3. The zero-order chi connectivity index (χ0) is 14.1. The zero-order valence-corrected chi connectivity index (χ0v) is 12.6. The maximum absolute atomic E-state index is 5.79. The van der Waals surface area contributed by atoms with Gasteiger partial charge >= 0.3 is 0 Å². The molecular formula is C16H27NO2. The summed E-state index contributed by atoms with van der Waals surface area (Å²) < 4.78 is 11.2. The number of nitrogens with one attached hydrogen (secondary N) is 1. The van der Waals surface area contributed by atoms with Gasteiger partial charge in [-0.2, -0.15) is 0 Å². The number of rotatable bonds is 9. The first-order valence-corrected chi connectivity index (χ1v) is 7.13. The van der Waals surface area contributed by atoms with E-state index < -0.39 is 0 Å². The third kappa shape index (κ3) is 5.62. The van der Waals surface area contributed by atoms with Crippen molar-refractivity contribution in [3.05, 3.63) is 29.8 Å². The van der Waals surface area contributed by atoms with Gasteiger partial charge < -0.3 is 14.8 Å². The lowest BCUT2D eigenvalue weighted by atomic mass is 10.1. The molecule has 0 aliphatic rings. The molecule has 1 rings (SSSR count). The molecule has 3 nitrogen and oxygen atoms in total. The fraction of sp³-hybridized carbons (Fsp3) is 0.625. The molecular weight excluding hydrogens is 238 g/mol. The average molecular weight is 265 g/mol. The highest BCUT2D eigenvalue weighted by molar-refractivity contribution is 5.35. The summed E-state index contributed by atoms with van der Waals surface area (Å²) in [7, 11) is 1.71. The molecule has 0 amide bonds. The van der Waals surface area contributed by atoms with E-state index in [1.54, 1.807) is 7.11 Å². The minimum Gasteiger partial charge on any atom is -0.496 e. The van der Waals surface area contributed by atoms with Crippen LogP contribution in [0.4, 0.5) is 0 Å². The van der Waals surface area contributed by atoms with Crippen LogP contribution in [0.25, 0.3) is 0 Å². The van der Waals surface area contributed by atoms with E-state index in [9.17, 15) is 0 Å². The van der Waals surface area contributed by atoms with Crippen LogP contribution in [0, 0.1) is 5.92 Å². The molecule has 1 N–H and O–H groups in total. The van der Waals surface area contributed by atoms with Crippen molar-refractivity contribution in [3.63, 3.8) is 0 Å². The summed E-state index contributed by atoms with van der Waals surface area (Å²) in [5.74, 6) is 1.48. The monoisotopic (exact) mass is 265 g/mol. The van der Waals surface area contributed by atoms with Crippen molar-refractivity contribution >= 4 is 0 Å². The van der Waals surface area contributed by atoms with Crippen molar-refractivity contribution in [2.45, 2.75) is 33.2 Å². The fourth-order valence-corrected chi connectivity index (χ4v) is 1.95. The normalized spacial score (nSPS) is 12.7. The minimum atomic E-state index is 0.190. The summed E-state index contributed by atoms with van der Waals surface area (Å²) in [6, 6.07) is 8.33. The van der Waals surface area contributed by atoms with Gasteiger partial charge in [-0.3, -0.25) is 0 Å². The molecule has 0 saturated carbocycles. The molecule has 1 atom stereocenters. The number of hydrogen-bond donors (Lipinski definition) is 1. The Morgan fingerprint density at radius 3 is 2.53 bits per heavy atom. The SMILES string of the molecule is CCCNC(COCC(C)C)c1ccccc1OC. The molecule has 1 unspecified atom stereocenters. The summed E-state index contributed by atoms with van der Waals surface area (Å²) >= 11 is 0. The van der Waals surface area contributed by atoms with Crippen molar-refractivity contribution in [1.82, 2.24) is 5.32 Å². The number of para-hydroxylation sites is 1. The van der Waals surface area contributed by atoms with E-state index in [1.807, 2.05) is 18.2 Å². The Balaban J connectivity index is 2.71. The van der Waals surface area contributed by atoms with Gasteiger partial charge in [0.1, 0.15) is 5.75 Å². The number of benzene rings is 1. The maximum Gasteiger partial charge on any atom is 0.123 e. The molecule has 0 aromatic heterocycles. The smallest absolute Gasteiger partial charge is 0.123 e. The first-order chi connectivity index (χ1) is 9.19. The zero-order valence-electron chi connectivity index (χ0n) is 12.6.